The van der Waals surface area contributed by atoms with Crippen molar-refractivity contribution in [3.8, 4) is 11.5 Å². The van der Waals surface area contributed by atoms with Crippen LogP contribution < -0.4 is 14.4 Å². The summed E-state index contributed by atoms with van der Waals surface area (Å²) in [4.78, 5) is 14.6. The topological polar surface area (TPSA) is 38.8 Å². The van der Waals surface area contributed by atoms with Crippen LogP contribution in [0.15, 0.2) is 78.9 Å². The van der Waals surface area contributed by atoms with Crippen LogP contribution in [0.25, 0.3) is 0 Å². The number of anilines is 1. The monoisotopic (exact) mass is 469 g/mol. The zero-order valence-electron chi connectivity index (χ0n) is 18.6. The van der Waals surface area contributed by atoms with Crippen molar-refractivity contribution in [3.05, 3.63) is 90.0 Å². The molecule has 0 N–H and O–H groups in total. The molecule has 1 aliphatic carbocycles. The Kier molecular flexibility index (Phi) is 7.40. The molecule has 4 rings (SSSR count). The number of amides is 1. The summed E-state index contributed by atoms with van der Waals surface area (Å²) in [6, 6.07) is 22.3. The molecule has 0 aromatic heterocycles. The molecule has 0 aliphatic heterocycles. The van der Waals surface area contributed by atoms with Crippen LogP contribution in [0.2, 0.25) is 0 Å². The van der Waals surface area contributed by atoms with Crippen molar-refractivity contribution in [1.82, 2.24) is 0 Å². The third-order valence-electron chi connectivity index (χ3n) is 5.93. The molecule has 1 fully saturated rings. The third kappa shape index (κ3) is 6.53. The highest BCUT2D eigenvalue weighted by Crippen LogP contribution is 2.34. The highest BCUT2D eigenvalue weighted by molar-refractivity contribution is 5.89. The standard InChI is InChI=1S/C27H26F3NO3/c28-27(29,30)34-25-13-7-12-24(18-25)33-26(32)31(19-20-8-3-1-4-9-20)23-16-14-22(15-17-23)21-10-5-2-6-11-21/h1,3-4,7-9,12-18,21H,2,5-6,10-11,19H2. The number of benzene rings is 3. The maximum absolute atomic E-state index is 13.1. The van der Waals surface area contributed by atoms with E-state index in [1.165, 1.54) is 54.7 Å². The minimum absolute atomic E-state index is 0.0383. The largest absolute Gasteiger partial charge is 0.573 e. The summed E-state index contributed by atoms with van der Waals surface area (Å²) in [5, 5.41) is 0. The fourth-order valence-corrected chi connectivity index (χ4v) is 4.28. The zero-order chi connectivity index (χ0) is 24.0. The predicted molar refractivity (Wildman–Crippen MR) is 124 cm³/mol. The van der Waals surface area contributed by atoms with Crippen molar-refractivity contribution < 1.29 is 27.4 Å². The summed E-state index contributed by atoms with van der Waals surface area (Å²) >= 11 is 0. The fourth-order valence-electron chi connectivity index (χ4n) is 4.28. The maximum Gasteiger partial charge on any atom is 0.573 e. The summed E-state index contributed by atoms with van der Waals surface area (Å²) in [7, 11) is 0. The van der Waals surface area contributed by atoms with E-state index in [2.05, 4.69) is 4.74 Å². The quantitative estimate of drug-likeness (QED) is 0.369. The van der Waals surface area contributed by atoms with Gasteiger partial charge in [0.2, 0.25) is 0 Å². The molecule has 0 atom stereocenters. The Bertz CT molecular complexity index is 1080. The summed E-state index contributed by atoms with van der Waals surface area (Å²) in [5.74, 6) is 0.0431. The number of nitrogens with zero attached hydrogens (tertiary/aromatic N) is 1. The highest BCUT2D eigenvalue weighted by Gasteiger charge is 2.31. The third-order valence-corrected chi connectivity index (χ3v) is 5.93. The second-order valence-electron chi connectivity index (χ2n) is 8.39. The Labute approximate surface area is 196 Å². The molecule has 1 saturated carbocycles. The van der Waals surface area contributed by atoms with Crippen LogP contribution >= 0.6 is 0 Å². The van der Waals surface area contributed by atoms with Gasteiger partial charge < -0.3 is 9.47 Å². The maximum atomic E-state index is 13.1. The van der Waals surface area contributed by atoms with Gasteiger partial charge >= 0.3 is 12.5 Å². The molecule has 0 heterocycles. The number of carbonyl (C=O) groups is 1. The van der Waals surface area contributed by atoms with Crippen molar-refractivity contribution in [2.45, 2.75) is 50.9 Å². The fraction of sp³-hybridized carbons (Fsp3) is 0.296. The first-order chi connectivity index (χ1) is 16.4. The molecule has 0 unspecified atom stereocenters. The zero-order valence-corrected chi connectivity index (χ0v) is 18.6. The number of hydrogen-bond donors (Lipinski definition) is 0. The number of alkyl halides is 3. The van der Waals surface area contributed by atoms with Gasteiger partial charge in [-0.15, -0.1) is 13.2 Å². The van der Waals surface area contributed by atoms with E-state index in [0.29, 0.717) is 11.6 Å². The van der Waals surface area contributed by atoms with Crippen LogP contribution in [0.5, 0.6) is 11.5 Å². The molecule has 1 amide bonds. The van der Waals surface area contributed by atoms with Crippen LogP contribution in [-0.2, 0) is 6.54 Å². The number of rotatable bonds is 6. The van der Waals surface area contributed by atoms with E-state index in [1.807, 2.05) is 54.6 Å². The molecule has 0 bridgehead atoms. The lowest BCUT2D eigenvalue weighted by atomic mass is 9.84. The number of ether oxygens (including phenoxy) is 2. The van der Waals surface area contributed by atoms with Crippen LogP contribution in [0.1, 0.15) is 49.1 Å². The van der Waals surface area contributed by atoms with Gasteiger partial charge in [0.1, 0.15) is 11.5 Å². The number of hydrogen-bond acceptors (Lipinski definition) is 3. The molecular formula is C27H26F3NO3. The van der Waals surface area contributed by atoms with Crippen molar-refractivity contribution >= 4 is 11.8 Å². The van der Waals surface area contributed by atoms with Gasteiger partial charge in [-0.2, -0.15) is 0 Å². The Morgan fingerprint density at radius 3 is 2.21 bits per heavy atom. The lowest BCUT2D eigenvalue weighted by Gasteiger charge is -2.25. The van der Waals surface area contributed by atoms with Gasteiger partial charge in [-0.1, -0.05) is 67.8 Å². The normalized spacial score (nSPS) is 14.4. The second-order valence-corrected chi connectivity index (χ2v) is 8.39. The lowest BCUT2D eigenvalue weighted by Crippen LogP contribution is -2.33. The molecule has 3 aromatic rings. The smallest absolute Gasteiger partial charge is 0.410 e. The highest BCUT2D eigenvalue weighted by atomic mass is 19.4. The van der Waals surface area contributed by atoms with Crippen LogP contribution in [0.4, 0.5) is 23.7 Å². The van der Waals surface area contributed by atoms with E-state index in [9.17, 15) is 18.0 Å². The van der Waals surface area contributed by atoms with Crippen molar-refractivity contribution in [2.75, 3.05) is 4.90 Å². The molecule has 178 valence electrons. The average Bonchev–Trinajstić information content (AvgIpc) is 2.83. The average molecular weight is 470 g/mol. The van der Waals surface area contributed by atoms with Gasteiger partial charge in [-0.3, -0.25) is 4.90 Å². The van der Waals surface area contributed by atoms with E-state index in [4.69, 9.17) is 4.74 Å². The summed E-state index contributed by atoms with van der Waals surface area (Å²) < 4.78 is 47.0. The van der Waals surface area contributed by atoms with Crippen molar-refractivity contribution in [3.63, 3.8) is 0 Å². The Hall–Kier alpha value is -3.48. The van der Waals surface area contributed by atoms with Gasteiger partial charge in [-0.25, -0.2) is 4.79 Å². The summed E-state index contributed by atoms with van der Waals surface area (Å²) in [5.41, 5.74) is 2.80. The minimum atomic E-state index is -4.83. The van der Waals surface area contributed by atoms with Crippen LogP contribution in [0, 0.1) is 0 Å². The van der Waals surface area contributed by atoms with E-state index in [1.54, 1.807) is 0 Å². The molecule has 1 aliphatic rings. The van der Waals surface area contributed by atoms with Crippen molar-refractivity contribution in [1.29, 1.82) is 0 Å². The number of carbonyl (C=O) groups excluding carboxylic acids is 1. The van der Waals surface area contributed by atoms with Gasteiger partial charge in [0.05, 0.1) is 6.54 Å². The molecule has 4 nitrogen and oxygen atoms in total. The Morgan fingerprint density at radius 2 is 1.53 bits per heavy atom. The lowest BCUT2D eigenvalue weighted by molar-refractivity contribution is -0.274. The first kappa shape index (κ1) is 23.7. The molecule has 0 radical (unpaired) electrons. The first-order valence-corrected chi connectivity index (χ1v) is 11.4. The Balaban J connectivity index is 1.55. The predicted octanol–water partition coefficient (Wildman–Crippen LogP) is 7.84. The number of halogens is 3. The van der Waals surface area contributed by atoms with E-state index >= 15 is 0 Å². The molecule has 7 heteroatoms. The SMILES string of the molecule is O=C(Oc1cccc(OC(F)(F)F)c1)N(Cc1ccccc1)c1ccc(C2CCCCC2)cc1. The summed E-state index contributed by atoms with van der Waals surface area (Å²) in [6.45, 7) is 0.251. The first-order valence-electron chi connectivity index (χ1n) is 11.4. The van der Waals surface area contributed by atoms with E-state index < -0.39 is 18.2 Å². The van der Waals surface area contributed by atoms with Gasteiger partial charge in [0.15, 0.2) is 0 Å². The van der Waals surface area contributed by atoms with Crippen molar-refractivity contribution in [2.24, 2.45) is 0 Å². The molecule has 0 spiro atoms. The molecule has 34 heavy (non-hydrogen) atoms. The van der Waals surface area contributed by atoms with Gasteiger partial charge in [0.25, 0.3) is 0 Å². The Morgan fingerprint density at radius 1 is 0.853 bits per heavy atom. The van der Waals surface area contributed by atoms with E-state index in [-0.39, 0.29) is 12.3 Å². The van der Waals surface area contributed by atoms with Crippen LogP contribution in [0.3, 0.4) is 0 Å². The minimum Gasteiger partial charge on any atom is -0.410 e. The van der Waals surface area contributed by atoms with Gasteiger partial charge in [0, 0.05) is 11.8 Å². The summed E-state index contributed by atoms with van der Waals surface area (Å²) in [6.07, 6.45) is 0.559. The molecule has 3 aromatic carbocycles. The molecular weight excluding hydrogens is 443 g/mol. The molecule has 0 saturated heterocycles. The van der Waals surface area contributed by atoms with Gasteiger partial charge in [-0.05, 0) is 54.2 Å². The second kappa shape index (κ2) is 10.6. The van der Waals surface area contributed by atoms with Crippen LogP contribution in [-0.4, -0.2) is 12.5 Å². The van der Waals surface area contributed by atoms with E-state index in [0.717, 1.165) is 17.7 Å².